The van der Waals surface area contributed by atoms with Crippen molar-refractivity contribution in [3.05, 3.63) is 0 Å². The molecule has 0 aromatic carbocycles. The molecular formula is C20H41N. The average Bonchev–Trinajstić information content (AvgIpc) is 3.28. The summed E-state index contributed by atoms with van der Waals surface area (Å²) in [4.78, 5) is 0. The smallest absolute Gasteiger partial charge is 0.0102 e. The van der Waals surface area contributed by atoms with Crippen LogP contribution >= 0.6 is 0 Å². The molecule has 0 heterocycles. The first-order valence-electron chi connectivity index (χ1n) is 9.61. The highest BCUT2D eigenvalue weighted by atomic mass is 15.0. The highest BCUT2D eigenvalue weighted by Crippen LogP contribution is 2.44. The van der Waals surface area contributed by atoms with E-state index in [1.54, 1.807) is 0 Å². The number of nitrogens with one attached hydrogen (secondary N) is 1. The van der Waals surface area contributed by atoms with E-state index < -0.39 is 0 Å². The molecule has 3 unspecified atom stereocenters. The predicted molar refractivity (Wildman–Crippen MR) is 95.6 cm³/mol. The molecule has 126 valence electrons. The Morgan fingerprint density at radius 1 is 1.10 bits per heavy atom. The highest BCUT2D eigenvalue weighted by molar-refractivity contribution is 4.96. The van der Waals surface area contributed by atoms with E-state index in [1.165, 1.54) is 45.1 Å². The Hall–Kier alpha value is -0.0400. The van der Waals surface area contributed by atoms with E-state index in [0.717, 1.165) is 29.7 Å². The topological polar surface area (TPSA) is 12.0 Å². The second-order valence-corrected chi connectivity index (χ2v) is 8.26. The van der Waals surface area contributed by atoms with Crippen LogP contribution in [0.1, 0.15) is 87.0 Å². The first kappa shape index (κ1) is 19.0. The summed E-state index contributed by atoms with van der Waals surface area (Å²) < 4.78 is 0. The summed E-state index contributed by atoms with van der Waals surface area (Å²) in [6.45, 7) is 18.0. The van der Waals surface area contributed by atoms with Crippen molar-refractivity contribution < 1.29 is 0 Å². The third-order valence-corrected chi connectivity index (χ3v) is 6.78. The lowest BCUT2D eigenvalue weighted by Gasteiger charge is -2.35. The van der Waals surface area contributed by atoms with Crippen LogP contribution in [-0.4, -0.2) is 12.6 Å². The van der Waals surface area contributed by atoms with Gasteiger partial charge >= 0.3 is 0 Å². The molecule has 1 heteroatoms. The van der Waals surface area contributed by atoms with Gasteiger partial charge in [-0.3, -0.25) is 0 Å². The predicted octanol–water partition coefficient (Wildman–Crippen LogP) is 5.89. The zero-order valence-electron chi connectivity index (χ0n) is 15.8. The van der Waals surface area contributed by atoms with E-state index in [2.05, 4.69) is 53.8 Å². The minimum atomic E-state index is 0.553. The van der Waals surface area contributed by atoms with Gasteiger partial charge in [0, 0.05) is 6.04 Å². The molecule has 0 aliphatic heterocycles. The van der Waals surface area contributed by atoms with Crippen LogP contribution in [0.3, 0.4) is 0 Å². The van der Waals surface area contributed by atoms with E-state index in [0.29, 0.717) is 5.41 Å². The maximum Gasteiger partial charge on any atom is 0.0102 e. The molecule has 0 radical (unpaired) electrons. The monoisotopic (exact) mass is 295 g/mol. The fourth-order valence-corrected chi connectivity index (χ4v) is 3.61. The molecule has 1 aliphatic carbocycles. The van der Waals surface area contributed by atoms with Gasteiger partial charge < -0.3 is 5.32 Å². The Morgan fingerprint density at radius 3 is 2.29 bits per heavy atom. The molecule has 21 heavy (non-hydrogen) atoms. The Bertz CT molecular complexity index is 288. The lowest BCUT2D eigenvalue weighted by Crippen LogP contribution is -2.27. The van der Waals surface area contributed by atoms with E-state index in [-0.39, 0.29) is 0 Å². The van der Waals surface area contributed by atoms with Gasteiger partial charge in [-0.2, -0.15) is 0 Å². The fraction of sp³-hybridized carbons (Fsp3) is 1.00. The van der Waals surface area contributed by atoms with Gasteiger partial charge in [-0.1, -0.05) is 67.7 Å². The van der Waals surface area contributed by atoms with Gasteiger partial charge in [0.25, 0.3) is 0 Å². The SMILES string of the molecule is CC[C@H](C)CNC1C[C@H]1C(C)CCC(C)(CC)[C@H](C)CC. The number of hydrogen-bond donors (Lipinski definition) is 1. The molecular weight excluding hydrogens is 254 g/mol. The van der Waals surface area contributed by atoms with Crippen LogP contribution in [0.15, 0.2) is 0 Å². The molecule has 1 rings (SSSR count). The summed E-state index contributed by atoms with van der Waals surface area (Å²) in [7, 11) is 0. The van der Waals surface area contributed by atoms with Gasteiger partial charge in [0.05, 0.1) is 0 Å². The molecule has 0 aromatic rings. The summed E-state index contributed by atoms with van der Waals surface area (Å²) in [6.07, 6.45) is 8.19. The van der Waals surface area contributed by atoms with Crippen LogP contribution in [0, 0.1) is 29.1 Å². The van der Waals surface area contributed by atoms with Gasteiger partial charge in [0.1, 0.15) is 0 Å². The van der Waals surface area contributed by atoms with Crippen LogP contribution < -0.4 is 5.32 Å². The Balaban J connectivity index is 2.30. The summed E-state index contributed by atoms with van der Waals surface area (Å²) >= 11 is 0. The normalized spacial score (nSPS) is 28.7. The van der Waals surface area contributed by atoms with Gasteiger partial charge in [-0.05, 0) is 54.9 Å². The van der Waals surface area contributed by atoms with E-state index in [1.807, 2.05) is 0 Å². The zero-order chi connectivity index (χ0) is 16.0. The van der Waals surface area contributed by atoms with Crippen molar-refractivity contribution in [3.8, 4) is 0 Å². The lowest BCUT2D eigenvalue weighted by molar-refractivity contribution is 0.154. The van der Waals surface area contributed by atoms with Crippen LogP contribution in [0.25, 0.3) is 0 Å². The Morgan fingerprint density at radius 2 is 1.76 bits per heavy atom. The van der Waals surface area contributed by atoms with E-state index in [9.17, 15) is 0 Å². The van der Waals surface area contributed by atoms with Gasteiger partial charge in [-0.15, -0.1) is 0 Å². The second kappa shape index (κ2) is 8.56. The Kier molecular flexibility index (Phi) is 7.74. The molecule has 0 saturated heterocycles. The van der Waals surface area contributed by atoms with Gasteiger partial charge in [0.2, 0.25) is 0 Å². The van der Waals surface area contributed by atoms with E-state index >= 15 is 0 Å². The molecule has 6 atom stereocenters. The van der Waals surface area contributed by atoms with Crippen molar-refractivity contribution in [1.29, 1.82) is 0 Å². The highest BCUT2D eigenvalue weighted by Gasteiger charge is 2.41. The maximum absolute atomic E-state index is 3.78. The molecule has 1 nitrogen and oxygen atoms in total. The van der Waals surface area contributed by atoms with Crippen molar-refractivity contribution in [1.82, 2.24) is 5.32 Å². The first-order chi connectivity index (χ1) is 9.87. The number of hydrogen-bond acceptors (Lipinski definition) is 1. The molecule has 1 aliphatic rings. The van der Waals surface area contributed by atoms with Gasteiger partial charge in [0.15, 0.2) is 0 Å². The summed E-state index contributed by atoms with van der Waals surface area (Å²) in [5.41, 5.74) is 0.553. The van der Waals surface area contributed by atoms with Crippen molar-refractivity contribution in [2.24, 2.45) is 29.1 Å². The third-order valence-electron chi connectivity index (χ3n) is 6.78. The van der Waals surface area contributed by atoms with Crippen molar-refractivity contribution >= 4 is 0 Å². The van der Waals surface area contributed by atoms with Crippen LogP contribution in [-0.2, 0) is 0 Å². The maximum atomic E-state index is 3.78. The minimum absolute atomic E-state index is 0.553. The lowest BCUT2D eigenvalue weighted by atomic mass is 9.70. The van der Waals surface area contributed by atoms with Crippen molar-refractivity contribution in [2.45, 2.75) is 93.0 Å². The summed E-state index contributed by atoms with van der Waals surface area (Å²) in [5, 5.41) is 3.78. The van der Waals surface area contributed by atoms with Crippen LogP contribution in [0.2, 0.25) is 0 Å². The standard InChI is InChI=1S/C20H41N/c1-8-15(4)14-21-19-13-18(19)16(5)11-12-20(7,10-3)17(6)9-2/h15-19,21H,8-14H2,1-7H3/t15-,16?,17+,18-,19?,20?/m0/s1. The van der Waals surface area contributed by atoms with Crippen LogP contribution in [0.4, 0.5) is 0 Å². The molecule has 1 N–H and O–H groups in total. The van der Waals surface area contributed by atoms with Gasteiger partial charge in [-0.25, -0.2) is 0 Å². The molecule has 0 spiro atoms. The largest absolute Gasteiger partial charge is 0.313 e. The van der Waals surface area contributed by atoms with Crippen molar-refractivity contribution in [2.75, 3.05) is 6.54 Å². The molecule has 1 fully saturated rings. The molecule has 0 amide bonds. The minimum Gasteiger partial charge on any atom is -0.313 e. The quantitative estimate of drug-likeness (QED) is 0.501. The van der Waals surface area contributed by atoms with E-state index in [4.69, 9.17) is 0 Å². The molecule has 0 aromatic heterocycles. The fourth-order valence-electron chi connectivity index (χ4n) is 3.61. The number of rotatable bonds is 11. The van der Waals surface area contributed by atoms with Crippen LogP contribution in [0.5, 0.6) is 0 Å². The summed E-state index contributed by atoms with van der Waals surface area (Å²) in [5.74, 6) is 3.53. The third kappa shape index (κ3) is 5.58. The average molecular weight is 296 g/mol. The molecule has 1 saturated carbocycles. The Labute approximate surface area is 134 Å². The van der Waals surface area contributed by atoms with Crippen molar-refractivity contribution in [3.63, 3.8) is 0 Å². The first-order valence-corrected chi connectivity index (χ1v) is 9.61. The second-order valence-electron chi connectivity index (χ2n) is 8.26. The summed E-state index contributed by atoms with van der Waals surface area (Å²) in [6, 6.07) is 0.825. The molecule has 0 bridgehead atoms. The zero-order valence-corrected chi connectivity index (χ0v) is 15.8.